The number of nitrogens with zero attached hydrogens (tertiary/aromatic N) is 1. The van der Waals surface area contributed by atoms with Crippen molar-refractivity contribution in [2.45, 2.75) is 18.8 Å². The summed E-state index contributed by atoms with van der Waals surface area (Å²) in [4.78, 5) is 2.36. The van der Waals surface area contributed by atoms with Crippen LogP contribution in [0.3, 0.4) is 0 Å². The van der Waals surface area contributed by atoms with Crippen LogP contribution in [-0.4, -0.2) is 23.3 Å². The second kappa shape index (κ2) is 5.45. The summed E-state index contributed by atoms with van der Waals surface area (Å²) in [6.45, 7) is 1.96. The van der Waals surface area contributed by atoms with Crippen molar-refractivity contribution in [3.63, 3.8) is 0 Å². The average molecular weight is 268 g/mol. The molecule has 3 rings (SSSR count). The summed E-state index contributed by atoms with van der Waals surface area (Å²) in [7, 11) is 0. The van der Waals surface area contributed by atoms with Crippen molar-refractivity contribution >= 4 is 5.69 Å². The molecule has 0 saturated carbocycles. The predicted molar refractivity (Wildman–Crippen MR) is 79.2 cm³/mol. The lowest BCUT2D eigenvalue weighted by atomic mass is 9.88. The van der Waals surface area contributed by atoms with E-state index in [1.807, 2.05) is 18.2 Å². The lowest BCUT2D eigenvalue weighted by Gasteiger charge is -2.34. The Labute approximate surface area is 119 Å². The van der Waals surface area contributed by atoms with E-state index in [1.54, 1.807) is 6.07 Å². The fourth-order valence-corrected chi connectivity index (χ4v) is 2.91. The fraction of sp³-hybridized carbons (Fsp3) is 0.294. The van der Waals surface area contributed by atoms with E-state index in [0.29, 0.717) is 5.92 Å². The van der Waals surface area contributed by atoms with Crippen molar-refractivity contribution in [3.8, 4) is 11.5 Å². The van der Waals surface area contributed by atoms with E-state index in [0.717, 1.165) is 31.5 Å². The van der Waals surface area contributed by atoms with Gasteiger partial charge in [-0.1, -0.05) is 18.2 Å². The topological polar surface area (TPSA) is 43.7 Å². The lowest BCUT2D eigenvalue weighted by Crippen LogP contribution is -2.32. The fourth-order valence-electron chi connectivity index (χ4n) is 2.91. The molecule has 0 aromatic heterocycles. The van der Waals surface area contributed by atoms with Crippen LogP contribution in [0.5, 0.6) is 11.5 Å². The van der Waals surface area contributed by atoms with Crippen LogP contribution >= 0.6 is 0 Å². The average Bonchev–Trinajstić information content (AvgIpc) is 2.48. The maximum Gasteiger partial charge on any atom is 0.122 e. The molecule has 0 atom stereocenters. The van der Waals surface area contributed by atoms with Gasteiger partial charge in [0.05, 0.1) is 0 Å². The van der Waals surface area contributed by atoms with Crippen LogP contribution in [0.4, 0.5) is 5.69 Å². The Balaban J connectivity index is 1.69. The maximum atomic E-state index is 9.95. The summed E-state index contributed by atoms with van der Waals surface area (Å²) in [6, 6.07) is 16.0. The summed E-state index contributed by atoms with van der Waals surface area (Å²) in [5.74, 6) is 0.684. The van der Waals surface area contributed by atoms with Gasteiger partial charge in [-0.25, -0.2) is 0 Å². The zero-order valence-corrected chi connectivity index (χ0v) is 11.3. The normalized spacial score (nSPS) is 16.3. The van der Waals surface area contributed by atoms with Gasteiger partial charge in [-0.15, -0.1) is 0 Å². The number of anilines is 1. The Bertz CT molecular complexity index is 575. The third-order valence-electron chi connectivity index (χ3n) is 4.01. The Morgan fingerprint density at radius 2 is 1.70 bits per heavy atom. The van der Waals surface area contributed by atoms with Crippen molar-refractivity contribution in [2.75, 3.05) is 18.0 Å². The molecular weight excluding hydrogens is 250 g/mol. The van der Waals surface area contributed by atoms with Gasteiger partial charge in [-0.3, -0.25) is 0 Å². The molecule has 3 nitrogen and oxygen atoms in total. The highest BCUT2D eigenvalue weighted by atomic mass is 16.3. The molecule has 2 N–H and O–H groups in total. The first kappa shape index (κ1) is 12.9. The van der Waals surface area contributed by atoms with Crippen LogP contribution in [0.15, 0.2) is 42.5 Å². The van der Waals surface area contributed by atoms with Gasteiger partial charge < -0.3 is 15.1 Å². The molecule has 0 unspecified atom stereocenters. The van der Waals surface area contributed by atoms with Crippen molar-refractivity contribution in [1.29, 1.82) is 0 Å². The number of piperidine rings is 1. The monoisotopic (exact) mass is 268 g/mol. The smallest absolute Gasteiger partial charge is 0.122 e. The largest absolute Gasteiger partial charge is 0.508 e. The van der Waals surface area contributed by atoms with Crippen LogP contribution in [-0.2, 0) is 0 Å². The predicted octanol–water partition coefficient (Wildman–Crippen LogP) is 3.28. The van der Waals surface area contributed by atoms with Gasteiger partial charge in [0.15, 0.2) is 0 Å². The van der Waals surface area contributed by atoms with E-state index in [2.05, 4.69) is 23.1 Å². The van der Waals surface area contributed by atoms with Crippen LogP contribution in [0.2, 0.25) is 0 Å². The molecule has 1 saturated heterocycles. The Morgan fingerprint density at radius 3 is 2.35 bits per heavy atom. The molecule has 2 aromatic carbocycles. The van der Waals surface area contributed by atoms with E-state index < -0.39 is 0 Å². The molecule has 1 aliphatic rings. The van der Waals surface area contributed by atoms with E-state index in [-0.39, 0.29) is 11.5 Å². The van der Waals surface area contributed by atoms with Crippen molar-refractivity contribution < 1.29 is 10.2 Å². The lowest BCUT2D eigenvalue weighted by molar-refractivity contribution is 0.428. The van der Waals surface area contributed by atoms with Gasteiger partial charge in [0.2, 0.25) is 0 Å². The molecule has 0 spiro atoms. The maximum absolute atomic E-state index is 9.95. The number of aromatic hydroxyl groups is 2. The molecule has 0 bridgehead atoms. The first-order chi connectivity index (χ1) is 9.74. The summed E-state index contributed by atoms with van der Waals surface area (Å²) >= 11 is 0. The molecule has 20 heavy (non-hydrogen) atoms. The summed E-state index contributed by atoms with van der Waals surface area (Å²) in [5, 5.41) is 19.3. The van der Waals surface area contributed by atoms with Crippen molar-refractivity contribution in [1.82, 2.24) is 0 Å². The highest BCUT2D eigenvalue weighted by Crippen LogP contribution is 2.36. The second-order valence-electron chi connectivity index (χ2n) is 5.26. The molecule has 103 valence electrons. The number of phenols is 2. The zero-order chi connectivity index (χ0) is 13.9. The van der Waals surface area contributed by atoms with Crippen LogP contribution in [0.1, 0.15) is 24.3 Å². The Morgan fingerprint density at radius 1 is 1.00 bits per heavy atom. The first-order valence-corrected chi connectivity index (χ1v) is 6.97. The highest BCUT2D eigenvalue weighted by Gasteiger charge is 2.22. The zero-order valence-electron chi connectivity index (χ0n) is 11.3. The minimum atomic E-state index is 0.115. The number of phenolic OH excluding ortho intramolecular Hbond substituents is 2. The SMILES string of the molecule is Oc1ccc(C2CCN(c3cc[c]cc3)CC2)c(O)c1. The molecular formula is C17H18NO2. The molecule has 2 aromatic rings. The summed E-state index contributed by atoms with van der Waals surface area (Å²) < 4.78 is 0. The Hall–Kier alpha value is -2.16. The van der Waals surface area contributed by atoms with Gasteiger partial charge in [-0.2, -0.15) is 0 Å². The molecule has 0 aliphatic carbocycles. The van der Waals surface area contributed by atoms with Crippen molar-refractivity contribution in [2.24, 2.45) is 0 Å². The Kier molecular flexibility index (Phi) is 3.50. The minimum absolute atomic E-state index is 0.115. The van der Waals surface area contributed by atoms with Crippen molar-refractivity contribution in [3.05, 3.63) is 54.1 Å². The molecule has 0 amide bonds. The number of rotatable bonds is 2. The van der Waals surface area contributed by atoms with Gasteiger partial charge in [-0.05, 0) is 48.6 Å². The molecule has 1 heterocycles. The minimum Gasteiger partial charge on any atom is -0.508 e. The van der Waals surface area contributed by atoms with Crippen LogP contribution < -0.4 is 4.90 Å². The van der Waals surface area contributed by atoms with Crippen LogP contribution in [0.25, 0.3) is 0 Å². The molecule has 1 fully saturated rings. The number of benzene rings is 2. The quantitative estimate of drug-likeness (QED) is 0.878. The summed E-state index contributed by atoms with van der Waals surface area (Å²) in [5.41, 5.74) is 2.18. The molecule has 1 radical (unpaired) electrons. The van der Waals surface area contributed by atoms with Crippen LogP contribution in [0, 0.1) is 6.07 Å². The standard InChI is InChI=1S/C17H18NO2/c19-15-6-7-16(17(20)12-15)13-8-10-18(11-9-13)14-4-2-1-3-5-14/h2-7,12-13,19-20H,8-11H2. The third-order valence-corrected chi connectivity index (χ3v) is 4.01. The van der Waals surface area contributed by atoms with Gasteiger partial charge in [0.25, 0.3) is 0 Å². The molecule has 3 heteroatoms. The van der Waals surface area contributed by atoms with E-state index in [1.165, 1.54) is 11.8 Å². The number of hydrogen-bond donors (Lipinski definition) is 2. The summed E-state index contributed by atoms with van der Waals surface area (Å²) in [6.07, 6.45) is 2.02. The highest BCUT2D eigenvalue weighted by molar-refractivity contribution is 5.47. The third kappa shape index (κ3) is 2.57. The van der Waals surface area contributed by atoms with E-state index in [4.69, 9.17) is 0 Å². The second-order valence-corrected chi connectivity index (χ2v) is 5.26. The van der Waals surface area contributed by atoms with Gasteiger partial charge >= 0.3 is 0 Å². The molecule has 1 aliphatic heterocycles. The van der Waals surface area contributed by atoms with Gasteiger partial charge in [0, 0.05) is 24.8 Å². The number of hydrogen-bond acceptors (Lipinski definition) is 3. The van der Waals surface area contributed by atoms with E-state index in [9.17, 15) is 10.2 Å². The van der Waals surface area contributed by atoms with Gasteiger partial charge in [0.1, 0.15) is 11.5 Å². The first-order valence-electron chi connectivity index (χ1n) is 6.97. The van der Waals surface area contributed by atoms with E-state index >= 15 is 0 Å².